The summed E-state index contributed by atoms with van der Waals surface area (Å²) >= 11 is 0. The van der Waals surface area contributed by atoms with Gasteiger partial charge in [-0.15, -0.1) is 0 Å². The summed E-state index contributed by atoms with van der Waals surface area (Å²) in [6, 6.07) is 4.29. The fourth-order valence-corrected chi connectivity index (χ4v) is 1.01. The van der Waals surface area contributed by atoms with Crippen molar-refractivity contribution in [2.45, 2.75) is 6.18 Å². The normalized spacial score (nSPS) is 10.5. The van der Waals surface area contributed by atoms with Crippen LogP contribution in [0.1, 0.15) is 11.1 Å². The zero-order valence-corrected chi connectivity index (χ0v) is 7.22. The van der Waals surface area contributed by atoms with E-state index in [1.807, 2.05) is 5.32 Å². The maximum atomic E-state index is 12.4. The van der Waals surface area contributed by atoms with Gasteiger partial charge in [0.1, 0.15) is 0 Å². The molecule has 0 fully saturated rings. The lowest BCUT2D eigenvalue weighted by Crippen LogP contribution is -2.08. The summed E-state index contributed by atoms with van der Waals surface area (Å²) in [7, 11) is 0. The number of benzene rings is 1. The second-order valence-corrected chi connectivity index (χ2v) is 2.60. The minimum atomic E-state index is -4.62. The number of alkyl halides is 3. The van der Waals surface area contributed by atoms with Gasteiger partial charge in [-0.1, -0.05) is 0 Å². The second-order valence-electron chi connectivity index (χ2n) is 2.60. The molecule has 77 valence electrons. The summed E-state index contributed by atoms with van der Waals surface area (Å²) in [5.41, 5.74) is -1.62. The molecule has 1 aromatic carbocycles. The zero-order valence-electron chi connectivity index (χ0n) is 7.22. The zero-order chi connectivity index (χ0) is 11.5. The topological polar surface area (TPSA) is 52.9 Å². The van der Waals surface area contributed by atoms with Gasteiger partial charge in [-0.25, -0.2) is 0 Å². The molecule has 0 saturated carbocycles. The molecule has 0 spiro atoms. The van der Waals surface area contributed by atoms with Crippen LogP contribution >= 0.6 is 0 Å². The van der Waals surface area contributed by atoms with Gasteiger partial charge in [0, 0.05) is 5.69 Å². The molecule has 3 nitrogen and oxygen atoms in total. The van der Waals surface area contributed by atoms with Crippen molar-refractivity contribution in [3.05, 3.63) is 29.3 Å². The van der Waals surface area contributed by atoms with Gasteiger partial charge >= 0.3 is 12.6 Å². The summed E-state index contributed by atoms with van der Waals surface area (Å²) in [6.45, 7) is 0. The van der Waals surface area contributed by atoms with Gasteiger partial charge < -0.3 is 5.32 Å². The molecule has 0 saturated heterocycles. The van der Waals surface area contributed by atoms with E-state index < -0.39 is 17.3 Å². The first-order valence-electron chi connectivity index (χ1n) is 3.73. The Labute approximate surface area is 83.1 Å². The lowest BCUT2D eigenvalue weighted by atomic mass is 10.1. The molecule has 0 unspecified atom stereocenters. The van der Waals surface area contributed by atoms with Gasteiger partial charge in [0.25, 0.3) is 0 Å². The molecule has 1 radical (unpaired) electrons. The Bertz CT molecular complexity index is 420. The largest absolute Gasteiger partial charge is 0.417 e. The molecule has 0 aliphatic rings. The number of nitrogens with one attached hydrogen (secondary N) is 1. The Hall–Kier alpha value is -2.03. The molecule has 1 rings (SSSR count). The van der Waals surface area contributed by atoms with Crippen LogP contribution in [0, 0.1) is 11.3 Å². The van der Waals surface area contributed by atoms with Crippen LogP contribution in [-0.4, -0.2) is 6.41 Å². The average Bonchev–Trinajstić information content (AvgIpc) is 2.17. The summed E-state index contributed by atoms with van der Waals surface area (Å²) < 4.78 is 37.1. The number of amides is 1. The molecule has 0 bridgehead atoms. The van der Waals surface area contributed by atoms with Crippen molar-refractivity contribution in [2.75, 3.05) is 5.32 Å². The van der Waals surface area contributed by atoms with E-state index in [9.17, 15) is 18.0 Å². The molecule has 1 N–H and O–H groups in total. The minimum absolute atomic E-state index is 0.0590. The Kier molecular flexibility index (Phi) is 2.95. The first-order chi connectivity index (χ1) is 6.99. The van der Waals surface area contributed by atoms with Crippen LogP contribution in [-0.2, 0) is 11.0 Å². The van der Waals surface area contributed by atoms with Crippen LogP contribution in [0.15, 0.2) is 18.2 Å². The van der Waals surface area contributed by atoms with Crippen molar-refractivity contribution in [1.29, 1.82) is 5.26 Å². The van der Waals surface area contributed by atoms with E-state index in [4.69, 9.17) is 5.26 Å². The Balaban J connectivity index is 3.27. The molecule has 0 aliphatic heterocycles. The molecule has 1 aromatic rings. The van der Waals surface area contributed by atoms with E-state index in [0.717, 1.165) is 6.07 Å². The van der Waals surface area contributed by atoms with Crippen LogP contribution < -0.4 is 5.32 Å². The minimum Gasteiger partial charge on any atom is -0.318 e. The van der Waals surface area contributed by atoms with Crippen molar-refractivity contribution in [3.8, 4) is 6.07 Å². The van der Waals surface area contributed by atoms with Crippen molar-refractivity contribution >= 4 is 12.1 Å². The van der Waals surface area contributed by atoms with Gasteiger partial charge in [0.2, 0.25) is 0 Å². The van der Waals surface area contributed by atoms with E-state index in [-0.39, 0.29) is 5.69 Å². The fourth-order valence-electron chi connectivity index (χ4n) is 1.01. The number of nitriles is 1. The van der Waals surface area contributed by atoms with E-state index in [2.05, 4.69) is 0 Å². The van der Waals surface area contributed by atoms with Gasteiger partial charge in [-0.05, 0) is 18.2 Å². The van der Waals surface area contributed by atoms with Gasteiger partial charge in [0.15, 0.2) is 0 Å². The molecular weight excluding hydrogens is 209 g/mol. The highest BCUT2D eigenvalue weighted by Crippen LogP contribution is 2.33. The maximum Gasteiger partial charge on any atom is 0.417 e. The lowest BCUT2D eigenvalue weighted by molar-refractivity contribution is -0.137. The highest BCUT2D eigenvalue weighted by Gasteiger charge is 2.33. The third-order valence-electron chi connectivity index (χ3n) is 1.64. The lowest BCUT2D eigenvalue weighted by Gasteiger charge is -2.09. The van der Waals surface area contributed by atoms with Crippen molar-refractivity contribution in [1.82, 2.24) is 0 Å². The number of hydrogen-bond acceptors (Lipinski definition) is 2. The first kappa shape index (κ1) is 11.0. The van der Waals surface area contributed by atoms with Crippen LogP contribution in [0.3, 0.4) is 0 Å². The van der Waals surface area contributed by atoms with Crippen molar-refractivity contribution < 1.29 is 18.0 Å². The van der Waals surface area contributed by atoms with E-state index >= 15 is 0 Å². The standard InChI is InChI=1S/C9H4F3N2O/c10-9(11,12)8-3-7(14-5-15)2-1-6(8)4-13/h1-3H,(H,14,15). The van der Waals surface area contributed by atoms with Gasteiger partial charge in [-0.2, -0.15) is 18.4 Å². The maximum absolute atomic E-state index is 12.4. The summed E-state index contributed by atoms with van der Waals surface area (Å²) in [4.78, 5) is 9.91. The summed E-state index contributed by atoms with van der Waals surface area (Å²) in [5.74, 6) is 0. The monoisotopic (exact) mass is 213 g/mol. The quantitative estimate of drug-likeness (QED) is 0.764. The second kappa shape index (κ2) is 4.00. The molecule has 0 aromatic heterocycles. The SMILES string of the molecule is N#Cc1ccc(N[C]=O)cc1C(F)(F)F. The highest BCUT2D eigenvalue weighted by atomic mass is 19.4. The Morgan fingerprint density at radius 3 is 2.47 bits per heavy atom. The summed E-state index contributed by atoms with van der Waals surface area (Å²) in [6.07, 6.45) is -3.37. The van der Waals surface area contributed by atoms with Crippen LogP contribution in [0.4, 0.5) is 18.9 Å². The molecule has 1 amide bonds. The molecule has 0 heterocycles. The molecule has 0 atom stereocenters. The third-order valence-corrected chi connectivity index (χ3v) is 1.64. The predicted molar refractivity (Wildman–Crippen MR) is 45.5 cm³/mol. The smallest absolute Gasteiger partial charge is 0.318 e. The Morgan fingerprint density at radius 2 is 2.00 bits per heavy atom. The van der Waals surface area contributed by atoms with Gasteiger partial charge in [0.05, 0.1) is 17.2 Å². The summed E-state index contributed by atoms with van der Waals surface area (Å²) in [5, 5.41) is 10.4. The molecule has 15 heavy (non-hydrogen) atoms. The third kappa shape index (κ3) is 2.47. The van der Waals surface area contributed by atoms with Gasteiger partial charge in [-0.3, -0.25) is 4.79 Å². The highest BCUT2D eigenvalue weighted by molar-refractivity contribution is 5.72. The average molecular weight is 213 g/mol. The van der Waals surface area contributed by atoms with E-state index in [0.29, 0.717) is 6.07 Å². The molecule has 0 aliphatic carbocycles. The number of hydrogen-bond donors (Lipinski definition) is 1. The van der Waals surface area contributed by atoms with Crippen molar-refractivity contribution in [2.24, 2.45) is 0 Å². The number of nitrogens with zero attached hydrogens (tertiary/aromatic N) is 1. The van der Waals surface area contributed by atoms with Crippen molar-refractivity contribution in [3.63, 3.8) is 0 Å². The number of anilines is 1. The van der Waals surface area contributed by atoms with Crippen LogP contribution in [0.25, 0.3) is 0 Å². The molecule has 6 heteroatoms. The van der Waals surface area contributed by atoms with E-state index in [1.165, 1.54) is 18.5 Å². The number of carbonyl (C=O) groups excluding carboxylic acids is 1. The van der Waals surface area contributed by atoms with E-state index in [1.54, 1.807) is 0 Å². The molecular formula is C9H4F3N2O. The number of rotatable bonds is 2. The van der Waals surface area contributed by atoms with Crippen LogP contribution in [0.5, 0.6) is 0 Å². The fraction of sp³-hybridized carbons (Fsp3) is 0.111. The number of halogens is 3. The first-order valence-corrected chi connectivity index (χ1v) is 3.73. The van der Waals surface area contributed by atoms with Crippen LogP contribution in [0.2, 0.25) is 0 Å². The predicted octanol–water partition coefficient (Wildman–Crippen LogP) is 2.06. The Morgan fingerprint density at radius 1 is 1.33 bits per heavy atom.